The maximum absolute atomic E-state index is 12.0. The smallest absolute Gasteiger partial charge is 0.299 e. The highest BCUT2D eigenvalue weighted by Crippen LogP contribution is 2.30. The van der Waals surface area contributed by atoms with Gasteiger partial charge < -0.3 is 0 Å². The Morgan fingerprint density at radius 1 is 1.16 bits per heavy atom. The molecule has 1 heterocycles. The van der Waals surface area contributed by atoms with Crippen LogP contribution in [0.15, 0.2) is 18.2 Å². The van der Waals surface area contributed by atoms with Crippen molar-refractivity contribution in [1.82, 2.24) is 0 Å². The van der Waals surface area contributed by atoms with Gasteiger partial charge in [0.1, 0.15) is 5.78 Å². The maximum Gasteiger partial charge on any atom is 0.302 e. The number of amides is 2. The number of hydrogen-bond acceptors (Lipinski definition) is 4. The van der Waals surface area contributed by atoms with Crippen molar-refractivity contribution in [2.75, 3.05) is 4.90 Å². The molecule has 1 saturated heterocycles. The SMILES string of the molecule is CC(=O)[C@@H]1C(=O)C(=O)N(c2ccc(Cl)c(Cl)c2)C1=O. The van der Waals surface area contributed by atoms with Crippen LogP contribution in [0.3, 0.4) is 0 Å². The van der Waals surface area contributed by atoms with Crippen LogP contribution in [-0.2, 0) is 19.2 Å². The third-order valence-corrected chi connectivity index (χ3v) is 3.45. The molecule has 2 amide bonds. The molecule has 2 rings (SSSR count). The fourth-order valence-corrected chi connectivity index (χ4v) is 2.09. The van der Waals surface area contributed by atoms with Gasteiger partial charge in [-0.3, -0.25) is 19.2 Å². The summed E-state index contributed by atoms with van der Waals surface area (Å²) in [6.45, 7) is 1.09. The van der Waals surface area contributed by atoms with E-state index in [1.807, 2.05) is 0 Å². The fraction of sp³-hybridized carbons (Fsp3) is 0.167. The molecule has 7 heteroatoms. The first-order chi connectivity index (χ1) is 8.84. The maximum atomic E-state index is 12.0. The summed E-state index contributed by atoms with van der Waals surface area (Å²) < 4.78 is 0. The molecular weight excluding hydrogens is 293 g/mol. The average Bonchev–Trinajstić information content (AvgIpc) is 2.54. The Morgan fingerprint density at radius 3 is 2.26 bits per heavy atom. The van der Waals surface area contributed by atoms with Crippen LogP contribution in [0.5, 0.6) is 0 Å². The number of nitrogens with zero attached hydrogens (tertiary/aromatic N) is 1. The third-order valence-electron chi connectivity index (χ3n) is 2.71. The van der Waals surface area contributed by atoms with Crippen molar-refractivity contribution in [3.63, 3.8) is 0 Å². The van der Waals surface area contributed by atoms with Crippen LogP contribution in [0.25, 0.3) is 0 Å². The van der Waals surface area contributed by atoms with E-state index < -0.39 is 29.3 Å². The molecular formula is C12H7Cl2NO4. The van der Waals surface area contributed by atoms with Gasteiger partial charge >= 0.3 is 5.91 Å². The molecule has 1 fully saturated rings. The highest BCUT2D eigenvalue weighted by Gasteiger charge is 2.50. The second-order valence-electron chi connectivity index (χ2n) is 3.99. The summed E-state index contributed by atoms with van der Waals surface area (Å²) in [7, 11) is 0. The van der Waals surface area contributed by atoms with Crippen molar-refractivity contribution in [3.8, 4) is 0 Å². The van der Waals surface area contributed by atoms with Crippen molar-refractivity contribution in [2.45, 2.75) is 6.92 Å². The molecule has 0 bridgehead atoms. The van der Waals surface area contributed by atoms with Gasteiger partial charge in [-0.25, -0.2) is 4.90 Å². The fourth-order valence-electron chi connectivity index (χ4n) is 1.80. The molecule has 1 aliphatic heterocycles. The summed E-state index contributed by atoms with van der Waals surface area (Å²) in [6, 6.07) is 4.06. The highest BCUT2D eigenvalue weighted by atomic mass is 35.5. The lowest BCUT2D eigenvalue weighted by atomic mass is 10.0. The van der Waals surface area contributed by atoms with Crippen molar-refractivity contribution in [3.05, 3.63) is 28.2 Å². The summed E-state index contributed by atoms with van der Waals surface area (Å²) in [6.07, 6.45) is 0. The zero-order valence-corrected chi connectivity index (χ0v) is 11.2. The predicted octanol–water partition coefficient (Wildman–Crippen LogP) is 1.64. The minimum atomic E-state index is -1.55. The largest absolute Gasteiger partial charge is 0.302 e. The van der Waals surface area contributed by atoms with Crippen LogP contribution in [0.4, 0.5) is 5.69 Å². The number of imide groups is 1. The van der Waals surface area contributed by atoms with Crippen molar-refractivity contribution < 1.29 is 19.2 Å². The molecule has 0 unspecified atom stereocenters. The number of carbonyl (C=O) groups excluding carboxylic acids is 4. The minimum Gasteiger partial charge on any atom is -0.299 e. The van der Waals surface area contributed by atoms with Crippen LogP contribution in [0.2, 0.25) is 10.0 Å². The molecule has 1 aromatic rings. The highest BCUT2D eigenvalue weighted by molar-refractivity contribution is 6.59. The zero-order valence-electron chi connectivity index (χ0n) is 9.65. The van der Waals surface area contributed by atoms with Gasteiger partial charge in [0.2, 0.25) is 5.78 Å². The third kappa shape index (κ3) is 2.15. The van der Waals surface area contributed by atoms with E-state index in [0.717, 1.165) is 6.92 Å². The van der Waals surface area contributed by atoms with E-state index in [1.54, 1.807) is 0 Å². The lowest BCUT2D eigenvalue weighted by Crippen LogP contribution is -2.31. The van der Waals surface area contributed by atoms with Crippen LogP contribution in [0, 0.1) is 5.92 Å². The average molecular weight is 300 g/mol. The molecule has 5 nitrogen and oxygen atoms in total. The number of halogens is 2. The van der Waals surface area contributed by atoms with Gasteiger partial charge in [0.15, 0.2) is 5.92 Å². The van der Waals surface area contributed by atoms with E-state index in [1.165, 1.54) is 18.2 Å². The van der Waals surface area contributed by atoms with Crippen LogP contribution >= 0.6 is 23.2 Å². The number of anilines is 1. The van der Waals surface area contributed by atoms with Crippen LogP contribution in [-0.4, -0.2) is 23.4 Å². The first-order valence-electron chi connectivity index (χ1n) is 5.22. The van der Waals surface area contributed by atoms with Gasteiger partial charge in [0, 0.05) is 0 Å². The summed E-state index contributed by atoms with van der Waals surface area (Å²) in [5.74, 6) is -5.14. The van der Waals surface area contributed by atoms with Gasteiger partial charge in [-0.1, -0.05) is 23.2 Å². The molecule has 0 aromatic heterocycles. The lowest BCUT2D eigenvalue weighted by Gasteiger charge is -2.13. The second-order valence-corrected chi connectivity index (χ2v) is 4.80. The van der Waals surface area contributed by atoms with Crippen molar-refractivity contribution >= 4 is 52.3 Å². The van der Waals surface area contributed by atoms with Crippen molar-refractivity contribution in [2.24, 2.45) is 5.92 Å². The zero-order chi connectivity index (χ0) is 14.3. The Hall–Kier alpha value is -1.72. The predicted molar refractivity (Wildman–Crippen MR) is 68.1 cm³/mol. The number of ketones is 2. The molecule has 0 aliphatic carbocycles. The van der Waals surface area contributed by atoms with Crippen molar-refractivity contribution in [1.29, 1.82) is 0 Å². The van der Waals surface area contributed by atoms with Gasteiger partial charge in [0.25, 0.3) is 5.91 Å². The summed E-state index contributed by atoms with van der Waals surface area (Å²) in [4.78, 5) is 47.2. The molecule has 0 spiro atoms. The van der Waals surface area contributed by atoms with E-state index in [9.17, 15) is 19.2 Å². The number of hydrogen-bond donors (Lipinski definition) is 0. The van der Waals surface area contributed by atoms with Gasteiger partial charge in [-0.2, -0.15) is 0 Å². The van der Waals surface area contributed by atoms with E-state index in [0.29, 0.717) is 4.90 Å². The molecule has 0 saturated carbocycles. The van der Waals surface area contributed by atoms with Gasteiger partial charge in [0.05, 0.1) is 15.7 Å². The number of rotatable bonds is 2. The van der Waals surface area contributed by atoms with E-state index >= 15 is 0 Å². The summed E-state index contributed by atoms with van der Waals surface area (Å²) in [5, 5.41) is 0.387. The molecule has 1 aromatic carbocycles. The van der Waals surface area contributed by atoms with Gasteiger partial charge in [-0.05, 0) is 25.1 Å². The van der Waals surface area contributed by atoms with E-state index in [-0.39, 0.29) is 15.7 Å². The Balaban J connectivity index is 2.48. The van der Waals surface area contributed by atoms with Crippen LogP contribution in [0.1, 0.15) is 6.92 Å². The number of carbonyl (C=O) groups is 4. The molecule has 1 aliphatic rings. The molecule has 98 valence electrons. The number of benzene rings is 1. The minimum absolute atomic E-state index is 0.113. The Morgan fingerprint density at radius 2 is 1.79 bits per heavy atom. The van der Waals surface area contributed by atoms with Gasteiger partial charge in [-0.15, -0.1) is 0 Å². The van der Waals surface area contributed by atoms with Crippen LogP contribution < -0.4 is 4.90 Å². The first-order valence-corrected chi connectivity index (χ1v) is 5.98. The molecule has 0 radical (unpaired) electrons. The Kier molecular flexibility index (Phi) is 3.43. The number of Topliss-reactive ketones (excluding diaryl/α,β-unsaturated/α-hetero) is 2. The second kappa shape index (κ2) is 4.75. The lowest BCUT2D eigenvalue weighted by molar-refractivity contribution is -0.139. The normalized spacial score (nSPS) is 19.2. The van der Waals surface area contributed by atoms with E-state index in [4.69, 9.17) is 23.2 Å². The quantitative estimate of drug-likeness (QED) is 0.473. The summed E-state index contributed by atoms with van der Waals surface area (Å²) >= 11 is 11.5. The van der Waals surface area contributed by atoms with E-state index in [2.05, 4.69) is 0 Å². The topological polar surface area (TPSA) is 71.5 Å². The molecule has 19 heavy (non-hydrogen) atoms. The molecule has 0 N–H and O–H groups in total. The monoisotopic (exact) mass is 299 g/mol. The Labute approximate surface area is 118 Å². The summed E-state index contributed by atoms with van der Waals surface area (Å²) in [5.41, 5.74) is 0.113. The molecule has 1 atom stereocenters. The Bertz CT molecular complexity index is 626. The standard InChI is InChI=1S/C12H7Cl2NO4/c1-5(16)9-10(17)12(19)15(11(9)18)6-2-3-7(13)8(14)4-6/h2-4,9H,1H3/t9-/m1/s1. The first kappa shape index (κ1) is 13.7.